The van der Waals surface area contributed by atoms with Crippen LogP contribution in [0.3, 0.4) is 0 Å². The fourth-order valence-corrected chi connectivity index (χ4v) is 9.70. The molecule has 0 aliphatic heterocycles. The Hall–Kier alpha value is -7.05. The average Bonchev–Trinajstić information content (AvgIpc) is 3.34. The molecule has 10 rings (SSSR count). The first-order valence-corrected chi connectivity index (χ1v) is 22.5. The van der Waals surface area contributed by atoms with Crippen LogP contribution in [0.4, 0.5) is 0 Å². The number of halogens is 2. The number of nitrogens with zero attached hydrogens (tertiary/aromatic N) is 3. The third-order valence-electron chi connectivity index (χ3n) is 11.6. The van der Waals surface area contributed by atoms with E-state index >= 15 is 0 Å². The normalized spacial score (nSPS) is 11.1. The van der Waals surface area contributed by atoms with Crippen LogP contribution in [-0.2, 0) is 0 Å². The van der Waals surface area contributed by atoms with E-state index in [9.17, 15) is 0 Å². The van der Waals surface area contributed by atoms with E-state index in [2.05, 4.69) is 205 Å². The lowest BCUT2D eigenvalue weighted by molar-refractivity contribution is 1.32. The summed E-state index contributed by atoms with van der Waals surface area (Å²) in [5.74, 6) is 0. The van der Waals surface area contributed by atoms with Crippen molar-refractivity contribution in [3.8, 4) is 101 Å². The summed E-state index contributed by atoms with van der Waals surface area (Å²) in [6, 6.07) is 71.1. The highest BCUT2D eigenvalue weighted by atomic mass is 79.9. The molecule has 0 aliphatic rings. The minimum Gasteiger partial charge on any atom is -0.256 e. The molecule has 0 radical (unpaired) electrons. The van der Waals surface area contributed by atoms with Gasteiger partial charge in [-0.15, -0.1) is 0 Å². The molecule has 3 aromatic heterocycles. The molecule has 0 fully saturated rings. The molecule has 0 saturated carbocycles. The monoisotopic (exact) mass is 935 g/mol. The summed E-state index contributed by atoms with van der Waals surface area (Å²) < 4.78 is 2.02. The molecule has 0 N–H and O–H groups in total. The van der Waals surface area contributed by atoms with Crippen molar-refractivity contribution in [1.82, 2.24) is 15.0 Å². The van der Waals surface area contributed by atoms with Crippen molar-refractivity contribution in [3.05, 3.63) is 233 Å². The Morgan fingerprint density at radius 2 is 0.587 bits per heavy atom. The van der Waals surface area contributed by atoms with E-state index in [1.165, 1.54) is 16.7 Å². The second-order valence-corrected chi connectivity index (χ2v) is 17.2. The van der Waals surface area contributed by atoms with Crippen LogP contribution in [0.15, 0.2) is 228 Å². The molecular weight excluding hydrogens is 898 g/mol. The lowest BCUT2D eigenvalue weighted by Gasteiger charge is -2.19. The quantitative estimate of drug-likeness (QED) is 0.145. The Bertz CT molecular complexity index is 2900. The smallest absolute Gasteiger partial charge is 0.0702 e. The number of rotatable bonds is 9. The molecule has 5 heteroatoms. The molecule has 7 aromatic carbocycles. The Morgan fingerprint density at radius 1 is 0.270 bits per heavy atom. The topological polar surface area (TPSA) is 38.7 Å². The summed E-state index contributed by atoms with van der Waals surface area (Å²) in [6.07, 6.45) is 5.52. The third-order valence-corrected chi connectivity index (χ3v) is 12.9. The summed E-state index contributed by atoms with van der Waals surface area (Å²) >= 11 is 7.95. The van der Waals surface area contributed by atoms with Gasteiger partial charge in [-0.2, -0.15) is 0 Å². The Morgan fingerprint density at radius 3 is 0.921 bits per heavy atom. The van der Waals surface area contributed by atoms with Crippen molar-refractivity contribution < 1.29 is 0 Å². The zero-order valence-corrected chi connectivity index (χ0v) is 37.6. The van der Waals surface area contributed by atoms with Gasteiger partial charge in [-0.1, -0.05) is 159 Å². The van der Waals surface area contributed by atoms with Crippen molar-refractivity contribution in [2.24, 2.45) is 0 Å². The van der Waals surface area contributed by atoms with Gasteiger partial charge in [0.05, 0.1) is 17.1 Å². The largest absolute Gasteiger partial charge is 0.256 e. The Labute approximate surface area is 385 Å². The molecule has 0 saturated heterocycles. The van der Waals surface area contributed by atoms with Gasteiger partial charge in [-0.3, -0.25) is 15.0 Å². The first-order valence-electron chi connectivity index (χ1n) is 20.9. The molecule has 0 atom stereocenters. The molecule has 0 spiro atoms. The van der Waals surface area contributed by atoms with E-state index in [4.69, 9.17) is 0 Å². The average molecular weight is 938 g/mol. The number of aryl methyl sites for hydroxylation is 1. The predicted molar refractivity (Wildman–Crippen MR) is 269 cm³/mol. The summed E-state index contributed by atoms with van der Waals surface area (Å²) in [5.41, 5.74) is 20.9. The zero-order chi connectivity index (χ0) is 42.7. The van der Waals surface area contributed by atoms with Gasteiger partial charge >= 0.3 is 0 Å². The van der Waals surface area contributed by atoms with Crippen molar-refractivity contribution >= 4 is 31.9 Å². The molecule has 300 valence electrons. The molecule has 10 aromatic rings. The number of pyridine rings is 3. The first-order chi connectivity index (χ1) is 31.0. The van der Waals surface area contributed by atoms with E-state index in [1.807, 2.05) is 67.1 Å². The van der Waals surface area contributed by atoms with Crippen molar-refractivity contribution in [2.45, 2.75) is 6.92 Å². The second kappa shape index (κ2) is 17.7. The summed E-state index contributed by atoms with van der Waals surface area (Å²) in [6.45, 7) is 2.20. The minimum absolute atomic E-state index is 0.937. The maximum atomic E-state index is 4.63. The minimum atomic E-state index is 0.937. The lowest BCUT2D eigenvalue weighted by atomic mass is 9.85. The standard InChI is InChI=1S/C58H39Br2N3/c1-38-32-39(56-20-8-11-29-61-56)23-26-45(38)49-17-5-2-14-46(49)42-33-43(47-15-3-6-18-50(47)52-27-24-40(36-54(52)59)57-21-9-12-30-62-57)35-44(34-42)48-16-4-7-19-51(48)53-28-25-41(37-55(53)60)58-22-10-13-31-63-58/h2-37H,1H3. The number of hydrogen-bond acceptors (Lipinski definition) is 3. The SMILES string of the molecule is Cc1cc(-c2ccccn2)ccc1-c1ccccc1-c1cc(-c2ccccc2-c2ccc(-c3ccccn3)cc2Br)cc(-c2ccccc2-c2ccc(-c3ccccn3)cc2Br)c1. The van der Waals surface area contributed by atoms with Gasteiger partial charge in [0.25, 0.3) is 0 Å². The van der Waals surface area contributed by atoms with Crippen molar-refractivity contribution in [1.29, 1.82) is 0 Å². The zero-order valence-electron chi connectivity index (χ0n) is 34.4. The van der Waals surface area contributed by atoms with Gasteiger partial charge in [0.2, 0.25) is 0 Å². The molecule has 3 heterocycles. The van der Waals surface area contributed by atoms with E-state index < -0.39 is 0 Å². The molecule has 63 heavy (non-hydrogen) atoms. The van der Waals surface area contributed by atoms with Gasteiger partial charge in [-0.05, 0) is 152 Å². The third kappa shape index (κ3) is 8.21. The van der Waals surface area contributed by atoms with E-state index in [-0.39, 0.29) is 0 Å². The van der Waals surface area contributed by atoms with Crippen molar-refractivity contribution in [2.75, 3.05) is 0 Å². The van der Waals surface area contributed by atoms with Gasteiger partial charge in [0.15, 0.2) is 0 Å². The van der Waals surface area contributed by atoms with Crippen LogP contribution in [0, 0.1) is 6.92 Å². The van der Waals surface area contributed by atoms with Crippen LogP contribution in [0.25, 0.3) is 101 Å². The van der Waals surface area contributed by atoms with Crippen LogP contribution >= 0.6 is 31.9 Å². The van der Waals surface area contributed by atoms with Gasteiger partial charge < -0.3 is 0 Å². The van der Waals surface area contributed by atoms with E-state index in [0.29, 0.717) is 0 Å². The van der Waals surface area contributed by atoms with Crippen LogP contribution in [-0.4, -0.2) is 15.0 Å². The number of aromatic nitrogens is 3. The summed E-state index contributed by atoms with van der Waals surface area (Å²) in [5, 5.41) is 0. The van der Waals surface area contributed by atoms with Crippen molar-refractivity contribution in [3.63, 3.8) is 0 Å². The molecule has 0 bridgehead atoms. The highest BCUT2D eigenvalue weighted by Gasteiger charge is 2.19. The Kier molecular flexibility index (Phi) is 11.3. The maximum absolute atomic E-state index is 4.63. The fraction of sp³-hybridized carbons (Fsp3) is 0.0172. The first kappa shape index (κ1) is 40.0. The predicted octanol–water partition coefficient (Wildman–Crippen LogP) is 16.7. The fourth-order valence-electron chi connectivity index (χ4n) is 8.51. The van der Waals surface area contributed by atoms with Crippen LogP contribution < -0.4 is 0 Å². The number of hydrogen-bond donors (Lipinski definition) is 0. The summed E-state index contributed by atoms with van der Waals surface area (Å²) in [7, 11) is 0. The molecule has 0 aliphatic carbocycles. The molecule has 0 amide bonds. The van der Waals surface area contributed by atoms with Crippen LogP contribution in [0.2, 0.25) is 0 Å². The van der Waals surface area contributed by atoms with Crippen LogP contribution in [0.1, 0.15) is 5.56 Å². The van der Waals surface area contributed by atoms with Gasteiger partial charge in [-0.25, -0.2) is 0 Å². The van der Waals surface area contributed by atoms with Crippen LogP contribution in [0.5, 0.6) is 0 Å². The molecular formula is C58H39Br2N3. The molecule has 0 unspecified atom stereocenters. The summed E-state index contributed by atoms with van der Waals surface area (Å²) in [4.78, 5) is 13.8. The number of benzene rings is 7. The second-order valence-electron chi connectivity index (χ2n) is 15.5. The van der Waals surface area contributed by atoms with Gasteiger partial charge in [0.1, 0.15) is 0 Å². The highest BCUT2D eigenvalue weighted by molar-refractivity contribution is 9.11. The van der Waals surface area contributed by atoms with Gasteiger partial charge in [0, 0.05) is 44.2 Å². The molecule has 3 nitrogen and oxygen atoms in total. The van der Waals surface area contributed by atoms with E-state index in [1.54, 1.807) is 0 Å². The Balaban J connectivity index is 1.15. The maximum Gasteiger partial charge on any atom is 0.0702 e. The highest BCUT2D eigenvalue weighted by Crippen LogP contribution is 2.45. The van der Waals surface area contributed by atoms with E-state index in [0.717, 1.165) is 98.4 Å². The lowest BCUT2D eigenvalue weighted by Crippen LogP contribution is -1.94.